The topological polar surface area (TPSA) is 33.5 Å². The predicted octanol–water partition coefficient (Wildman–Crippen LogP) is 2.99. The van der Waals surface area contributed by atoms with Crippen LogP contribution in [0.3, 0.4) is 0 Å². The van der Waals surface area contributed by atoms with Crippen molar-refractivity contribution in [2.45, 2.75) is 39.7 Å². The fourth-order valence-electron chi connectivity index (χ4n) is 1.95. The molecule has 3 heteroatoms. The first-order valence-corrected chi connectivity index (χ1v) is 5.90. The van der Waals surface area contributed by atoms with Crippen LogP contribution in [0.15, 0.2) is 22.8 Å². The van der Waals surface area contributed by atoms with Gasteiger partial charge in [0.05, 0.1) is 12.3 Å². The Balaban J connectivity index is 2.10. The van der Waals surface area contributed by atoms with Gasteiger partial charge in [0.25, 0.3) is 0 Å². The molecule has 16 heavy (non-hydrogen) atoms. The van der Waals surface area contributed by atoms with Crippen LogP contribution >= 0.6 is 0 Å². The van der Waals surface area contributed by atoms with Gasteiger partial charge in [-0.05, 0) is 25.0 Å². The molecule has 0 bridgehead atoms. The molecule has 0 saturated carbocycles. The number of carbonyl (C=O) groups is 1. The number of nitrogens with zero attached hydrogens (tertiary/aromatic N) is 1. The zero-order valence-corrected chi connectivity index (χ0v) is 10.2. The smallest absolute Gasteiger partial charge is 0.228 e. The van der Waals surface area contributed by atoms with Crippen molar-refractivity contribution < 1.29 is 9.21 Å². The Kier molecular flexibility index (Phi) is 2.78. The second-order valence-electron chi connectivity index (χ2n) is 5.06. The Hall–Kier alpha value is -1.25. The molecule has 0 radical (unpaired) electrons. The van der Waals surface area contributed by atoms with E-state index in [-0.39, 0.29) is 17.4 Å². The molecule has 1 unspecified atom stereocenters. The average Bonchev–Trinajstić information content (AvgIpc) is 2.69. The Morgan fingerprint density at radius 1 is 1.62 bits per heavy atom. The van der Waals surface area contributed by atoms with Crippen molar-refractivity contribution in [2.75, 3.05) is 6.54 Å². The van der Waals surface area contributed by atoms with E-state index in [4.69, 9.17) is 4.42 Å². The minimum Gasteiger partial charge on any atom is -0.467 e. The van der Waals surface area contributed by atoms with Crippen LogP contribution in [-0.4, -0.2) is 17.4 Å². The summed E-state index contributed by atoms with van der Waals surface area (Å²) in [6, 6.07) is 3.98. The largest absolute Gasteiger partial charge is 0.467 e. The molecule has 0 aromatic carbocycles. The van der Waals surface area contributed by atoms with Gasteiger partial charge in [-0.2, -0.15) is 0 Å². The van der Waals surface area contributed by atoms with E-state index in [0.717, 1.165) is 25.1 Å². The van der Waals surface area contributed by atoms with E-state index >= 15 is 0 Å². The van der Waals surface area contributed by atoms with Gasteiger partial charge < -0.3 is 9.32 Å². The number of hydrogen-bond acceptors (Lipinski definition) is 2. The second kappa shape index (κ2) is 3.96. The fraction of sp³-hybridized carbons (Fsp3) is 0.615. The summed E-state index contributed by atoms with van der Waals surface area (Å²) in [6.07, 6.45) is 3.55. The molecule has 1 aliphatic rings. The maximum absolute atomic E-state index is 12.3. The first-order chi connectivity index (χ1) is 7.56. The van der Waals surface area contributed by atoms with Crippen LogP contribution in [0.25, 0.3) is 0 Å². The first kappa shape index (κ1) is 11.2. The molecule has 0 aliphatic carbocycles. The third-order valence-electron chi connectivity index (χ3n) is 3.61. The number of furan rings is 1. The van der Waals surface area contributed by atoms with Crippen molar-refractivity contribution in [3.8, 4) is 0 Å². The van der Waals surface area contributed by atoms with Crippen LogP contribution in [0, 0.1) is 5.41 Å². The van der Waals surface area contributed by atoms with Crippen molar-refractivity contribution in [2.24, 2.45) is 5.41 Å². The van der Waals surface area contributed by atoms with Crippen LogP contribution in [0.4, 0.5) is 0 Å². The molecule has 0 spiro atoms. The maximum Gasteiger partial charge on any atom is 0.228 e. The Morgan fingerprint density at radius 2 is 2.38 bits per heavy atom. The normalized spacial score (nSPS) is 20.7. The summed E-state index contributed by atoms with van der Waals surface area (Å²) in [4.78, 5) is 14.2. The standard InChI is InChI=1S/C13H19NO2/c1-4-13(2,3)12(15)14-8-7-10(14)11-6-5-9-16-11/h5-6,9-10H,4,7-8H2,1-3H3. The Morgan fingerprint density at radius 3 is 2.81 bits per heavy atom. The molecule has 1 atom stereocenters. The van der Waals surface area contributed by atoms with Crippen LogP contribution in [0.5, 0.6) is 0 Å². The van der Waals surface area contributed by atoms with Gasteiger partial charge in [0.1, 0.15) is 5.76 Å². The van der Waals surface area contributed by atoms with E-state index in [1.54, 1.807) is 6.26 Å². The summed E-state index contributed by atoms with van der Waals surface area (Å²) < 4.78 is 5.37. The maximum atomic E-state index is 12.3. The lowest BCUT2D eigenvalue weighted by Crippen LogP contribution is -2.50. The molecule has 2 heterocycles. The van der Waals surface area contributed by atoms with Gasteiger partial charge >= 0.3 is 0 Å². The lowest BCUT2D eigenvalue weighted by molar-refractivity contribution is -0.149. The van der Waals surface area contributed by atoms with Crippen molar-refractivity contribution in [1.29, 1.82) is 0 Å². The number of carbonyl (C=O) groups excluding carboxylic acids is 1. The highest BCUT2D eigenvalue weighted by atomic mass is 16.3. The molecule has 3 nitrogen and oxygen atoms in total. The monoisotopic (exact) mass is 221 g/mol. The van der Waals surface area contributed by atoms with Crippen LogP contribution in [-0.2, 0) is 4.79 Å². The summed E-state index contributed by atoms with van der Waals surface area (Å²) in [7, 11) is 0. The minimum absolute atomic E-state index is 0.160. The Labute approximate surface area is 96.4 Å². The third kappa shape index (κ3) is 1.75. The summed E-state index contributed by atoms with van der Waals surface area (Å²) in [5.74, 6) is 1.15. The van der Waals surface area contributed by atoms with Crippen LogP contribution in [0.2, 0.25) is 0 Å². The van der Waals surface area contributed by atoms with Crippen LogP contribution in [0.1, 0.15) is 45.4 Å². The minimum atomic E-state index is -0.259. The molecule has 1 amide bonds. The average molecular weight is 221 g/mol. The lowest BCUT2D eigenvalue weighted by atomic mass is 9.85. The summed E-state index contributed by atoms with van der Waals surface area (Å²) >= 11 is 0. The molecule has 1 aromatic heterocycles. The highest BCUT2D eigenvalue weighted by molar-refractivity contribution is 5.83. The van der Waals surface area contributed by atoms with Gasteiger partial charge in [0.2, 0.25) is 5.91 Å². The lowest BCUT2D eigenvalue weighted by Gasteiger charge is -2.43. The van der Waals surface area contributed by atoms with Gasteiger partial charge in [-0.3, -0.25) is 4.79 Å². The van der Waals surface area contributed by atoms with E-state index in [1.807, 2.05) is 30.9 Å². The molecule has 1 saturated heterocycles. The predicted molar refractivity (Wildman–Crippen MR) is 61.9 cm³/mol. The number of amides is 1. The number of hydrogen-bond donors (Lipinski definition) is 0. The SMILES string of the molecule is CCC(C)(C)C(=O)N1CCC1c1ccco1. The molecular weight excluding hydrogens is 202 g/mol. The van der Waals surface area contributed by atoms with E-state index in [2.05, 4.69) is 6.92 Å². The van der Waals surface area contributed by atoms with E-state index in [9.17, 15) is 4.79 Å². The van der Waals surface area contributed by atoms with Crippen molar-refractivity contribution in [1.82, 2.24) is 4.90 Å². The quantitative estimate of drug-likeness (QED) is 0.786. The molecule has 2 rings (SSSR count). The molecule has 1 fully saturated rings. The zero-order chi connectivity index (χ0) is 11.8. The van der Waals surface area contributed by atoms with Crippen molar-refractivity contribution >= 4 is 5.91 Å². The molecule has 1 aromatic rings. The van der Waals surface area contributed by atoms with Crippen LogP contribution < -0.4 is 0 Å². The fourth-order valence-corrected chi connectivity index (χ4v) is 1.95. The van der Waals surface area contributed by atoms with E-state index in [1.165, 1.54) is 0 Å². The number of likely N-dealkylation sites (tertiary alicyclic amines) is 1. The first-order valence-electron chi connectivity index (χ1n) is 5.90. The van der Waals surface area contributed by atoms with Gasteiger partial charge in [-0.25, -0.2) is 0 Å². The molecular formula is C13H19NO2. The summed E-state index contributed by atoms with van der Waals surface area (Å²) in [5.41, 5.74) is -0.259. The second-order valence-corrected chi connectivity index (χ2v) is 5.06. The van der Waals surface area contributed by atoms with Gasteiger partial charge in [-0.1, -0.05) is 20.8 Å². The van der Waals surface area contributed by atoms with Gasteiger partial charge in [0.15, 0.2) is 0 Å². The molecule has 1 aliphatic heterocycles. The Bertz CT molecular complexity index is 367. The summed E-state index contributed by atoms with van der Waals surface area (Å²) in [6.45, 7) is 6.92. The highest BCUT2D eigenvalue weighted by Gasteiger charge is 2.40. The van der Waals surface area contributed by atoms with Gasteiger partial charge in [0, 0.05) is 12.0 Å². The summed E-state index contributed by atoms with van der Waals surface area (Å²) in [5, 5.41) is 0. The van der Waals surface area contributed by atoms with E-state index < -0.39 is 0 Å². The van der Waals surface area contributed by atoms with Crippen molar-refractivity contribution in [3.63, 3.8) is 0 Å². The number of rotatable bonds is 3. The highest BCUT2D eigenvalue weighted by Crippen LogP contribution is 2.37. The molecule has 88 valence electrons. The van der Waals surface area contributed by atoms with E-state index in [0.29, 0.717) is 0 Å². The third-order valence-corrected chi connectivity index (χ3v) is 3.61. The van der Waals surface area contributed by atoms with Gasteiger partial charge in [-0.15, -0.1) is 0 Å². The zero-order valence-electron chi connectivity index (χ0n) is 10.2. The van der Waals surface area contributed by atoms with Crippen molar-refractivity contribution in [3.05, 3.63) is 24.2 Å². The molecule has 0 N–H and O–H groups in total.